The van der Waals surface area contributed by atoms with Crippen molar-refractivity contribution >= 4 is 0 Å². The Bertz CT molecular complexity index is 549. The first-order valence-electron chi connectivity index (χ1n) is 7.10. The second-order valence-corrected chi connectivity index (χ2v) is 5.17. The fourth-order valence-electron chi connectivity index (χ4n) is 2.03. The number of pyridine rings is 1. The van der Waals surface area contributed by atoms with E-state index in [1.165, 1.54) is 5.56 Å². The lowest BCUT2D eigenvalue weighted by Crippen LogP contribution is -2.05. The lowest BCUT2D eigenvalue weighted by Gasteiger charge is -2.15. The molecule has 0 fully saturated rings. The third-order valence-corrected chi connectivity index (χ3v) is 3.56. The van der Waals surface area contributed by atoms with E-state index in [-0.39, 0.29) is 6.04 Å². The van der Waals surface area contributed by atoms with Crippen molar-refractivity contribution in [3.8, 4) is 11.6 Å². The molecule has 2 atom stereocenters. The van der Waals surface area contributed by atoms with Gasteiger partial charge in [-0.25, -0.2) is 4.98 Å². The molecule has 0 spiro atoms. The summed E-state index contributed by atoms with van der Waals surface area (Å²) in [5.41, 5.74) is 8.04. The van der Waals surface area contributed by atoms with Gasteiger partial charge in [0.1, 0.15) is 5.75 Å². The molecule has 0 aliphatic carbocycles. The normalized spacial score (nSPS) is 13.8. The van der Waals surface area contributed by atoms with Crippen molar-refractivity contribution in [3.05, 3.63) is 53.7 Å². The van der Waals surface area contributed by atoms with Gasteiger partial charge >= 0.3 is 0 Å². The molecule has 0 amide bonds. The molecule has 3 nitrogen and oxygen atoms in total. The van der Waals surface area contributed by atoms with Gasteiger partial charge in [-0.15, -0.1) is 0 Å². The second kappa shape index (κ2) is 6.53. The zero-order valence-electron chi connectivity index (χ0n) is 12.3. The van der Waals surface area contributed by atoms with Crippen LogP contribution < -0.4 is 10.5 Å². The zero-order chi connectivity index (χ0) is 14.5. The number of ether oxygens (including phenoxy) is 1. The van der Waals surface area contributed by atoms with Crippen molar-refractivity contribution in [2.24, 2.45) is 5.73 Å². The molecular formula is C17H22N2O. The number of hydrogen-bond acceptors (Lipinski definition) is 3. The first kappa shape index (κ1) is 14.5. The van der Waals surface area contributed by atoms with Gasteiger partial charge in [0.05, 0.1) is 0 Å². The molecule has 1 unspecified atom stereocenters. The predicted octanol–water partition coefficient (Wildman–Crippen LogP) is 4.41. The summed E-state index contributed by atoms with van der Waals surface area (Å²) < 4.78 is 5.92. The zero-order valence-corrected chi connectivity index (χ0v) is 12.3. The van der Waals surface area contributed by atoms with Gasteiger partial charge in [-0.05, 0) is 36.5 Å². The van der Waals surface area contributed by atoms with E-state index in [0.29, 0.717) is 11.8 Å². The summed E-state index contributed by atoms with van der Waals surface area (Å²) in [6.07, 6.45) is 2.85. The van der Waals surface area contributed by atoms with Crippen LogP contribution in [0.15, 0.2) is 42.6 Å². The van der Waals surface area contributed by atoms with Crippen LogP contribution in [0.4, 0.5) is 0 Å². The van der Waals surface area contributed by atoms with Crippen molar-refractivity contribution in [2.75, 3.05) is 0 Å². The Hall–Kier alpha value is -1.87. The highest BCUT2D eigenvalue weighted by Gasteiger charge is 2.11. The topological polar surface area (TPSA) is 48.1 Å². The van der Waals surface area contributed by atoms with E-state index >= 15 is 0 Å². The van der Waals surface area contributed by atoms with E-state index in [1.54, 1.807) is 6.20 Å². The maximum atomic E-state index is 5.92. The molecule has 0 radical (unpaired) electrons. The molecule has 1 aromatic carbocycles. The van der Waals surface area contributed by atoms with E-state index in [4.69, 9.17) is 10.5 Å². The molecule has 0 aliphatic rings. The van der Waals surface area contributed by atoms with Crippen LogP contribution in [0.25, 0.3) is 0 Å². The van der Waals surface area contributed by atoms with Crippen molar-refractivity contribution in [1.29, 1.82) is 0 Å². The summed E-state index contributed by atoms with van der Waals surface area (Å²) in [6.45, 7) is 6.32. The molecule has 0 saturated carbocycles. The molecule has 0 aliphatic heterocycles. The van der Waals surface area contributed by atoms with Gasteiger partial charge in [0, 0.05) is 18.3 Å². The summed E-state index contributed by atoms with van der Waals surface area (Å²) in [4.78, 5) is 4.32. The van der Waals surface area contributed by atoms with E-state index in [1.807, 2.05) is 37.3 Å². The van der Waals surface area contributed by atoms with Gasteiger partial charge in [0.15, 0.2) is 0 Å². The quantitative estimate of drug-likeness (QED) is 0.875. The molecular weight excluding hydrogens is 248 g/mol. The van der Waals surface area contributed by atoms with Crippen molar-refractivity contribution in [2.45, 2.75) is 39.2 Å². The summed E-state index contributed by atoms with van der Waals surface area (Å²) >= 11 is 0. The summed E-state index contributed by atoms with van der Waals surface area (Å²) in [6, 6.07) is 11.9. The highest BCUT2D eigenvalue weighted by molar-refractivity contribution is 5.38. The van der Waals surface area contributed by atoms with Crippen LogP contribution in [-0.4, -0.2) is 4.98 Å². The molecule has 1 heterocycles. The predicted molar refractivity (Wildman–Crippen MR) is 82.1 cm³/mol. The van der Waals surface area contributed by atoms with Crippen LogP contribution in [0.2, 0.25) is 0 Å². The summed E-state index contributed by atoms with van der Waals surface area (Å²) in [7, 11) is 0. The molecule has 0 saturated heterocycles. The van der Waals surface area contributed by atoms with Crippen LogP contribution in [0.5, 0.6) is 11.6 Å². The Balaban J connectivity index is 2.21. The maximum absolute atomic E-state index is 5.92. The highest BCUT2D eigenvalue weighted by Crippen LogP contribution is 2.31. The third kappa shape index (κ3) is 3.36. The largest absolute Gasteiger partial charge is 0.439 e. The number of nitrogens with two attached hydrogens (primary N) is 1. The molecule has 1 aromatic heterocycles. The fourth-order valence-corrected chi connectivity index (χ4v) is 2.03. The molecule has 20 heavy (non-hydrogen) atoms. The lowest BCUT2D eigenvalue weighted by molar-refractivity contribution is 0.451. The Morgan fingerprint density at radius 3 is 2.50 bits per heavy atom. The van der Waals surface area contributed by atoms with Gasteiger partial charge in [0.25, 0.3) is 0 Å². The van der Waals surface area contributed by atoms with Crippen LogP contribution in [0.1, 0.15) is 50.3 Å². The Labute approximate surface area is 120 Å². The fraction of sp³-hybridized carbons (Fsp3) is 0.353. The highest BCUT2D eigenvalue weighted by atomic mass is 16.5. The van der Waals surface area contributed by atoms with Gasteiger partial charge in [0.2, 0.25) is 5.88 Å². The molecule has 0 bridgehead atoms. The van der Waals surface area contributed by atoms with Crippen molar-refractivity contribution < 1.29 is 4.74 Å². The first-order valence-corrected chi connectivity index (χ1v) is 7.10. The average molecular weight is 270 g/mol. The maximum Gasteiger partial charge on any atom is 0.219 e. The smallest absolute Gasteiger partial charge is 0.219 e. The Morgan fingerprint density at radius 1 is 1.15 bits per heavy atom. The third-order valence-electron chi connectivity index (χ3n) is 3.56. The molecule has 106 valence electrons. The van der Waals surface area contributed by atoms with Crippen LogP contribution in [-0.2, 0) is 0 Å². The monoisotopic (exact) mass is 270 g/mol. The Kier molecular flexibility index (Phi) is 4.74. The number of benzene rings is 1. The molecule has 3 heteroatoms. The van der Waals surface area contributed by atoms with Gasteiger partial charge in [-0.2, -0.15) is 0 Å². The minimum absolute atomic E-state index is 0.0102. The van der Waals surface area contributed by atoms with Crippen LogP contribution in [0, 0.1) is 0 Å². The number of aromatic nitrogens is 1. The second-order valence-electron chi connectivity index (χ2n) is 5.17. The van der Waals surface area contributed by atoms with Gasteiger partial charge < -0.3 is 10.5 Å². The van der Waals surface area contributed by atoms with Gasteiger partial charge in [-0.1, -0.05) is 38.1 Å². The number of nitrogens with zero attached hydrogens (tertiary/aromatic N) is 1. The number of rotatable bonds is 5. The minimum Gasteiger partial charge on any atom is -0.439 e. The lowest BCUT2D eigenvalue weighted by atomic mass is 9.98. The molecule has 2 N–H and O–H groups in total. The van der Waals surface area contributed by atoms with Crippen molar-refractivity contribution in [3.63, 3.8) is 0 Å². The SMILES string of the molecule is CCC(C)c1ccccc1Oc1ccc([C@@H](C)N)cn1. The summed E-state index contributed by atoms with van der Waals surface area (Å²) in [5.74, 6) is 1.95. The van der Waals surface area contributed by atoms with E-state index in [2.05, 4.69) is 24.9 Å². The minimum atomic E-state index is -0.0102. The van der Waals surface area contributed by atoms with Crippen LogP contribution in [0.3, 0.4) is 0 Å². The van der Waals surface area contributed by atoms with E-state index in [0.717, 1.165) is 17.7 Å². The molecule has 2 aromatic rings. The number of hydrogen-bond donors (Lipinski definition) is 1. The first-order chi connectivity index (χ1) is 9.61. The van der Waals surface area contributed by atoms with E-state index in [9.17, 15) is 0 Å². The van der Waals surface area contributed by atoms with Crippen LogP contribution >= 0.6 is 0 Å². The molecule has 2 rings (SSSR count). The number of para-hydroxylation sites is 1. The Morgan fingerprint density at radius 2 is 1.90 bits per heavy atom. The standard InChI is InChI=1S/C17H22N2O/c1-4-12(2)15-7-5-6-8-16(15)20-17-10-9-14(11-19-17)13(3)18/h5-13H,4,18H2,1-3H3/t12?,13-/m1/s1. The van der Waals surface area contributed by atoms with Gasteiger partial charge in [-0.3, -0.25) is 0 Å². The van der Waals surface area contributed by atoms with Crippen molar-refractivity contribution in [1.82, 2.24) is 4.98 Å². The van der Waals surface area contributed by atoms with E-state index < -0.39 is 0 Å². The summed E-state index contributed by atoms with van der Waals surface area (Å²) in [5, 5.41) is 0. The average Bonchev–Trinajstić information content (AvgIpc) is 2.47.